The summed E-state index contributed by atoms with van der Waals surface area (Å²) in [6.45, 7) is 2.24. The van der Waals surface area contributed by atoms with Crippen molar-refractivity contribution in [3.8, 4) is 11.5 Å². The number of furan rings is 1. The van der Waals surface area contributed by atoms with E-state index in [1.165, 1.54) is 6.42 Å². The molecule has 1 aliphatic rings. The number of pyridine rings is 1. The Morgan fingerprint density at radius 2 is 2.16 bits per heavy atom. The van der Waals surface area contributed by atoms with Crippen molar-refractivity contribution in [3.05, 3.63) is 42.3 Å². The van der Waals surface area contributed by atoms with E-state index in [-0.39, 0.29) is 0 Å². The smallest absolute Gasteiger partial charge is 0.156 e. The zero-order valence-corrected chi connectivity index (χ0v) is 10.7. The van der Waals surface area contributed by atoms with Crippen molar-refractivity contribution in [1.82, 2.24) is 9.38 Å². The Labute approximate surface area is 110 Å². The number of imidazole rings is 1. The van der Waals surface area contributed by atoms with Crippen LogP contribution in [0.15, 0.2) is 40.9 Å². The zero-order valence-electron chi connectivity index (χ0n) is 10.7. The van der Waals surface area contributed by atoms with Crippen LogP contribution in [0.2, 0.25) is 0 Å². The van der Waals surface area contributed by atoms with Gasteiger partial charge >= 0.3 is 0 Å². The third kappa shape index (κ3) is 1.56. The van der Waals surface area contributed by atoms with Crippen LogP contribution in [0.5, 0.6) is 0 Å². The number of nitrogens with two attached hydrogens (primary N) is 1. The second-order valence-electron chi connectivity index (χ2n) is 5.30. The molecule has 1 aliphatic carbocycles. The molecular formula is C15H15N3O. The van der Waals surface area contributed by atoms with Gasteiger partial charge in [0.2, 0.25) is 0 Å². The topological polar surface area (TPSA) is 56.5 Å². The number of nitrogen functional groups attached to an aromatic ring is 1. The lowest BCUT2D eigenvalue weighted by Crippen LogP contribution is -1.92. The molecule has 0 bridgehead atoms. The number of nitrogens with zero attached hydrogens (tertiary/aromatic N) is 2. The first-order valence-corrected chi connectivity index (χ1v) is 6.56. The summed E-state index contributed by atoms with van der Waals surface area (Å²) in [5.41, 5.74) is 7.71. The maximum absolute atomic E-state index is 6.14. The van der Waals surface area contributed by atoms with Gasteiger partial charge < -0.3 is 10.2 Å². The maximum atomic E-state index is 6.14. The summed E-state index contributed by atoms with van der Waals surface area (Å²) in [7, 11) is 0. The zero-order chi connectivity index (χ0) is 13.0. The Hall–Kier alpha value is -2.23. The highest BCUT2D eigenvalue weighted by Gasteiger charge is 2.36. The third-order valence-electron chi connectivity index (χ3n) is 3.90. The van der Waals surface area contributed by atoms with E-state index in [0.29, 0.717) is 11.7 Å². The summed E-state index contributed by atoms with van der Waals surface area (Å²) >= 11 is 0. The standard InChI is InChI=1S/C15H15N3O/c1-9-8-10(9)11-5-6-12(19-11)14-15(16)18-7-3-2-4-13(18)17-14/h2-7,9-10H,8,16H2,1H3. The minimum atomic E-state index is 0.576. The Bertz CT molecular complexity index is 756. The van der Waals surface area contributed by atoms with Crippen LogP contribution < -0.4 is 5.73 Å². The van der Waals surface area contributed by atoms with E-state index in [4.69, 9.17) is 10.2 Å². The predicted molar refractivity (Wildman–Crippen MR) is 73.8 cm³/mol. The van der Waals surface area contributed by atoms with Gasteiger partial charge in [-0.3, -0.25) is 4.40 Å². The molecule has 3 aromatic rings. The van der Waals surface area contributed by atoms with Gasteiger partial charge in [0.05, 0.1) is 0 Å². The minimum Gasteiger partial charge on any atom is -0.459 e. The van der Waals surface area contributed by atoms with Crippen LogP contribution in [-0.2, 0) is 0 Å². The average Bonchev–Trinajstić information content (AvgIpc) is 2.87. The fourth-order valence-corrected chi connectivity index (χ4v) is 2.59. The molecule has 0 aliphatic heterocycles. The van der Waals surface area contributed by atoms with Gasteiger partial charge in [-0.15, -0.1) is 0 Å². The lowest BCUT2D eigenvalue weighted by atomic mass is 10.2. The second kappa shape index (κ2) is 3.63. The summed E-state index contributed by atoms with van der Waals surface area (Å²) < 4.78 is 7.79. The first kappa shape index (κ1) is 10.7. The van der Waals surface area contributed by atoms with Gasteiger partial charge in [0.25, 0.3) is 0 Å². The molecule has 19 heavy (non-hydrogen) atoms. The highest BCUT2D eigenvalue weighted by molar-refractivity contribution is 5.71. The molecular weight excluding hydrogens is 238 g/mol. The molecule has 3 heterocycles. The van der Waals surface area contributed by atoms with E-state index in [1.54, 1.807) is 0 Å². The molecule has 1 saturated carbocycles. The molecule has 0 aromatic carbocycles. The molecule has 4 rings (SSSR count). The first-order chi connectivity index (χ1) is 9.24. The van der Waals surface area contributed by atoms with Crippen LogP contribution >= 0.6 is 0 Å². The fraction of sp³-hybridized carbons (Fsp3) is 0.267. The molecule has 1 fully saturated rings. The Kier molecular flexibility index (Phi) is 2.04. The van der Waals surface area contributed by atoms with E-state index in [0.717, 1.165) is 28.8 Å². The van der Waals surface area contributed by atoms with Crippen molar-refractivity contribution < 1.29 is 4.42 Å². The van der Waals surface area contributed by atoms with Crippen LogP contribution in [0, 0.1) is 5.92 Å². The normalized spacial score (nSPS) is 21.9. The summed E-state index contributed by atoms with van der Waals surface area (Å²) in [4.78, 5) is 4.54. The third-order valence-corrected chi connectivity index (χ3v) is 3.90. The van der Waals surface area contributed by atoms with Crippen LogP contribution in [-0.4, -0.2) is 9.38 Å². The van der Waals surface area contributed by atoms with Crippen molar-refractivity contribution >= 4 is 11.5 Å². The van der Waals surface area contributed by atoms with Crippen molar-refractivity contribution in [1.29, 1.82) is 0 Å². The van der Waals surface area contributed by atoms with Crippen molar-refractivity contribution in [2.45, 2.75) is 19.3 Å². The Balaban J connectivity index is 1.81. The maximum Gasteiger partial charge on any atom is 0.156 e. The van der Waals surface area contributed by atoms with E-state index in [2.05, 4.69) is 11.9 Å². The summed E-state index contributed by atoms with van der Waals surface area (Å²) in [6, 6.07) is 9.84. The van der Waals surface area contributed by atoms with Crippen molar-refractivity contribution in [2.24, 2.45) is 5.92 Å². The molecule has 0 amide bonds. The van der Waals surface area contributed by atoms with Crippen LogP contribution in [0.1, 0.15) is 25.0 Å². The van der Waals surface area contributed by atoms with E-state index in [1.807, 2.05) is 40.9 Å². The molecule has 0 saturated heterocycles. The van der Waals surface area contributed by atoms with Gasteiger partial charge in [-0.25, -0.2) is 4.98 Å². The summed E-state index contributed by atoms with van der Waals surface area (Å²) in [5, 5.41) is 0. The van der Waals surface area contributed by atoms with E-state index < -0.39 is 0 Å². The summed E-state index contributed by atoms with van der Waals surface area (Å²) in [5.74, 6) is 3.75. The highest BCUT2D eigenvalue weighted by atomic mass is 16.3. The monoisotopic (exact) mass is 253 g/mol. The number of hydrogen-bond acceptors (Lipinski definition) is 3. The van der Waals surface area contributed by atoms with Gasteiger partial charge in [0, 0.05) is 12.1 Å². The first-order valence-electron chi connectivity index (χ1n) is 6.56. The lowest BCUT2D eigenvalue weighted by molar-refractivity contribution is 0.517. The van der Waals surface area contributed by atoms with Gasteiger partial charge in [-0.2, -0.15) is 0 Å². The Morgan fingerprint density at radius 3 is 2.89 bits per heavy atom. The van der Waals surface area contributed by atoms with Gasteiger partial charge in [0.15, 0.2) is 5.76 Å². The quantitative estimate of drug-likeness (QED) is 0.762. The molecule has 2 atom stereocenters. The van der Waals surface area contributed by atoms with Crippen molar-refractivity contribution in [2.75, 3.05) is 5.73 Å². The van der Waals surface area contributed by atoms with Crippen molar-refractivity contribution in [3.63, 3.8) is 0 Å². The number of fused-ring (bicyclic) bond motifs is 1. The fourth-order valence-electron chi connectivity index (χ4n) is 2.59. The molecule has 0 spiro atoms. The highest BCUT2D eigenvalue weighted by Crippen LogP contribution is 2.48. The van der Waals surface area contributed by atoms with Gasteiger partial charge in [-0.1, -0.05) is 13.0 Å². The largest absolute Gasteiger partial charge is 0.459 e. The van der Waals surface area contributed by atoms with Crippen LogP contribution in [0.4, 0.5) is 5.82 Å². The van der Waals surface area contributed by atoms with Gasteiger partial charge in [-0.05, 0) is 36.6 Å². The molecule has 0 radical (unpaired) electrons. The molecule has 96 valence electrons. The number of anilines is 1. The Morgan fingerprint density at radius 1 is 1.32 bits per heavy atom. The molecule has 4 nitrogen and oxygen atoms in total. The molecule has 4 heteroatoms. The van der Waals surface area contributed by atoms with E-state index >= 15 is 0 Å². The van der Waals surface area contributed by atoms with E-state index in [9.17, 15) is 0 Å². The minimum absolute atomic E-state index is 0.576. The molecule has 2 N–H and O–H groups in total. The lowest BCUT2D eigenvalue weighted by Gasteiger charge is -1.96. The summed E-state index contributed by atoms with van der Waals surface area (Å²) in [6.07, 6.45) is 3.13. The predicted octanol–water partition coefficient (Wildman–Crippen LogP) is 3.30. The second-order valence-corrected chi connectivity index (χ2v) is 5.30. The molecule has 2 unspecified atom stereocenters. The SMILES string of the molecule is CC1CC1c1ccc(-c2nc3ccccn3c2N)o1. The number of aromatic nitrogens is 2. The van der Waals surface area contributed by atoms with Gasteiger partial charge in [0.1, 0.15) is 22.9 Å². The molecule has 3 aromatic heterocycles. The van der Waals surface area contributed by atoms with Crippen LogP contribution in [0.3, 0.4) is 0 Å². The number of hydrogen-bond donors (Lipinski definition) is 1. The van der Waals surface area contributed by atoms with Crippen LogP contribution in [0.25, 0.3) is 17.1 Å². The number of rotatable bonds is 2. The average molecular weight is 253 g/mol.